The van der Waals surface area contributed by atoms with Gasteiger partial charge in [0.2, 0.25) is 0 Å². The molecule has 0 saturated carbocycles. The van der Waals surface area contributed by atoms with Crippen molar-refractivity contribution in [1.29, 1.82) is 0 Å². The first-order valence-electron chi connectivity index (χ1n) is 0.781. The standard InChI is InChI=1S/C2H3O2.Ru/c1-2(3)4;/h1H2,(H,3,4);/q-1;+1. The van der Waals surface area contributed by atoms with E-state index in [-0.39, 0.29) is 19.5 Å². The molecule has 1 N–H and O–H groups in total. The van der Waals surface area contributed by atoms with Crippen LogP contribution in [0, 0.1) is 6.92 Å². The molecule has 0 aromatic carbocycles. The molecule has 0 saturated heterocycles. The summed E-state index contributed by atoms with van der Waals surface area (Å²) in [5, 5.41) is 7.31. The maximum absolute atomic E-state index is 8.89. The zero-order chi connectivity index (χ0) is 3.58. The molecule has 2 nitrogen and oxygen atoms in total. The van der Waals surface area contributed by atoms with E-state index in [0.29, 0.717) is 0 Å². The summed E-state index contributed by atoms with van der Waals surface area (Å²) in [6.07, 6.45) is 0. The third kappa shape index (κ3) is 11400. The topological polar surface area (TPSA) is 37.3 Å². The molecule has 0 heterocycles. The first kappa shape index (κ1) is 8.88. The van der Waals surface area contributed by atoms with Crippen LogP contribution in [-0.2, 0) is 24.3 Å². The average Bonchev–Trinajstić information content (AvgIpc) is 0.811. The number of aliphatic carboxylic acids is 1. The van der Waals surface area contributed by atoms with Gasteiger partial charge in [0.1, 0.15) is 0 Å². The van der Waals surface area contributed by atoms with Gasteiger partial charge in [-0.2, -0.15) is 0 Å². The number of carbonyl (C=O) groups is 1. The molecule has 0 amide bonds. The Bertz CT molecular complexity index is 30.6. The van der Waals surface area contributed by atoms with Crippen LogP contribution in [0.4, 0.5) is 0 Å². The summed E-state index contributed by atoms with van der Waals surface area (Å²) in [5.74, 6) is -1.08. The summed E-state index contributed by atoms with van der Waals surface area (Å²) in [6, 6.07) is 0. The fourth-order valence-electron chi connectivity index (χ4n) is 0. The van der Waals surface area contributed by atoms with Crippen molar-refractivity contribution >= 4 is 5.97 Å². The first-order chi connectivity index (χ1) is 1.73. The second kappa shape index (κ2) is 3.96. The van der Waals surface area contributed by atoms with Crippen LogP contribution in [0.15, 0.2) is 0 Å². The minimum atomic E-state index is -1.08. The normalized spacial score (nSPS) is 4.80. The van der Waals surface area contributed by atoms with Crippen LogP contribution in [0.3, 0.4) is 0 Å². The van der Waals surface area contributed by atoms with Crippen molar-refractivity contribution in [2.45, 2.75) is 0 Å². The molecule has 0 aromatic heterocycles. The molecule has 0 bridgehead atoms. The monoisotopic (exact) mass is 161 g/mol. The summed E-state index contributed by atoms with van der Waals surface area (Å²) in [4.78, 5) is 8.89. The second-order valence-electron chi connectivity index (χ2n) is 0.394. The predicted octanol–water partition coefficient (Wildman–Crippen LogP) is -0.0974. The molecule has 0 aliphatic rings. The van der Waals surface area contributed by atoms with Gasteiger partial charge in [0.05, 0.1) is 0 Å². The van der Waals surface area contributed by atoms with Crippen molar-refractivity contribution in [3.63, 3.8) is 0 Å². The molecular weight excluding hydrogens is 157 g/mol. The van der Waals surface area contributed by atoms with Crippen molar-refractivity contribution < 1.29 is 29.4 Å². The molecule has 0 aliphatic heterocycles. The van der Waals surface area contributed by atoms with E-state index in [0.717, 1.165) is 0 Å². The Hall–Kier alpha value is -0.0366. The number of hydrogen-bond acceptors (Lipinski definition) is 1. The smallest absolute Gasteiger partial charge is 0.503 e. The Morgan fingerprint density at radius 2 is 1.80 bits per heavy atom. The number of carboxylic acid groups (broad SMARTS) is 1. The quantitative estimate of drug-likeness (QED) is 0.397. The van der Waals surface area contributed by atoms with Crippen LogP contribution in [0.25, 0.3) is 0 Å². The molecular formula is C2H3O2Ru. The van der Waals surface area contributed by atoms with Gasteiger partial charge in [0, 0.05) is 0 Å². The van der Waals surface area contributed by atoms with Crippen molar-refractivity contribution in [2.75, 3.05) is 0 Å². The van der Waals surface area contributed by atoms with Gasteiger partial charge in [0.25, 0.3) is 0 Å². The summed E-state index contributed by atoms with van der Waals surface area (Å²) in [6.45, 7) is 2.56. The number of rotatable bonds is 0. The largest absolute Gasteiger partial charge is 1.00 e. The predicted molar refractivity (Wildman–Crippen MR) is 13.0 cm³/mol. The van der Waals surface area contributed by atoms with Crippen LogP contribution >= 0.6 is 0 Å². The molecule has 0 fully saturated rings. The molecule has 0 aliphatic carbocycles. The van der Waals surface area contributed by atoms with E-state index in [9.17, 15) is 0 Å². The van der Waals surface area contributed by atoms with Gasteiger partial charge in [0.15, 0.2) is 5.97 Å². The maximum Gasteiger partial charge on any atom is 1.00 e. The van der Waals surface area contributed by atoms with Gasteiger partial charge < -0.3 is 5.11 Å². The van der Waals surface area contributed by atoms with E-state index in [1.165, 1.54) is 0 Å². The number of hydrogen-bond donors (Lipinski definition) is 1. The van der Waals surface area contributed by atoms with Crippen molar-refractivity contribution in [2.24, 2.45) is 0 Å². The van der Waals surface area contributed by atoms with E-state index < -0.39 is 5.97 Å². The van der Waals surface area contributed by atoms with E-state index in [1.54, 1.807) is 0 Å². The minimum Gasteiger partial charge on any atom is -0.503 e. The molecule has 0 unspecified atom stereocenters. The van der Waals surface area contributed by atoms with E-state index in [4.69, 9.17) is 9.90 Å². The van der Waals surface area contributed by atoms with Gasteiger partial charge >= 0.3 is 19.5 Å². The zero-order valence-electron chi connectivity index (χ0n) is 2.42. The summed E-state index contributed by atoms with van der Waals surface area (Å²) >= 11 is 0. The third-order valence-corrected chi connectivity index (χ3v) is 0. The van der Waals surface area contributed by atoms with E-state index in [1.807, 2.05) is 0 Å². The first-order valence-corrected chi connectivity index (χ1v) is 0.781. The summed E-state index contributed by atoms with van der Waals surface area (Å²) in [7, 11) is 0. The summed E-state index contributed by atoms with van der Waals surface area (Å²) in [5.41, 5.74) is 0. The summed E-state index contributed by atoms with van der Waals surface area (Å²) < 4.78 is 0. The van der Waals surface area contributed by atoms with Crippen LogP contribution in [0.5, 0.6) is 0 Å². The Kier molecular flexibility index (Phi) is 7.04. The van der Waals surface area contributed by atoms with Crippen LogP contribution in [0.2, 0.25) is 0 Å². The fraction of sp³-hybridized carbons (Fsp3) is 0. The van der Waals surface area contributed by atoms with Gasteiger partial charge in [-0.1, -0.05) is 0 Å². The Morgan fingerprint density at radius 1 is 1.80 bits per heavy atom. The SMILES string of the molecule is [CH2-]C(=O)O.[Ru+]. The Balaban J connectivity index is 0. The van der Waals surface area contributed by atoms with Crippen molar-refractivity contribution in [3.8, 4) is 0 Å². The van der Waals surface area contributed by atoms with E-state index in [2.05, 4.69) is 6.92 Å². The zero-order valence-corrected chi connectivity index (χ0v) is 4.15. The molecule has 0 spiro atoms. The Morgan fingerprint density at radius 3 is 1.80 bits per heavy atom. The van der Waals surface area contributed by atoms with Gasteiger partial charge in [-0.25, -0.2) is 0 Å². The average molecular weight is 160 g/mol. The fourth-order valence-corrected chi connectivity index (χ4v) is 0. The molecule has 0 aromatic rings. The van der Waals surface area contributed by atoms with Crippen LogP contribution < -0.4 is 0 Å². The molecule has 31 valence electrons. The maximum atomic E-state index is 8.89. The molecule has 0 rings (SSSR count). The van der Waals surface area contributed by atoms with Crippen molar-refractivity contribution in [1.82, 2.24) is 0 Å². The van der Waals surface area contributed by atoms with Crippen molar-refractivity contribution in [3.05, 3.63) is 6.92 Å². The van der Waals surface area contributed by atoms with Crippen LogP contribution in [-0.4, -0.2) is 11.1 Å². The molecule has 1 radical (unpaired) electrons. The minimum absolute atomic E-state index is 0. The Labute approximate surface area is 42.9 Å². The van der Waals surface area contributed by atoms with Crippen LogP contribution in [0.1, 0.15) is 0 Å². The van der Waals surface area contributed by atoms with Gasteiger partial charge in [-0.3, -0.25) is 11.7 Å². The van der Waals surface area contributed by atoms with Gasteiger partial charge in [-0.15, -0.1) is 0 Å². The molecule has 3 heteroatoms. The van der Waals surface area contributed by atoms with Gasteiger partial charge in [-0.05, 0) is 0 Å². The molecule has 0 atom stereocenters. The molecule has 5 heavy (non-hydrogen) atoms. The number of carboxylic acids is 1. The third-order valence-electron chi connectivity index (χ3n) is 0. The van der Waals surface area contributed by atoms with E-state index >= 15 is 0 Å². The second-order valence-corrected chi connectivity index (χ2v) is 0.394.